The third-order valence-corrected chi connectivity index (χ3v) is 5.18. The minimum absolute atomic E-state index is 0.493. The average molecular weight is 393 g/mol. The van der Waals surface area contributed by atoms with E-state index in [4.69, 9.17) is 11.5 Å². The monoisotopic (exact) mass is 392 g/mol. The van der Waals surface area contributed by atoms with Gasteiger partial charge in [-0.1, -0.05) is 102 Å². The van der Waals surface area contributed by atoms with Gasteiger partial charge in [0.1, 0.15) is 0 Å². The van der Waals surface area contributed by atoms with Crippen LogP contribution in [-0.4, -0.2) is 11.8 Å². The van der Waals surface area contributed by atoms with Crippen molar-refractivity contribution in [3.63, 3.8) is 0 Å². The van der Waals surface area contributed by atoms with Crippen LogP contribution in [0, 0.1) is 11.8 Å². The number of hydrogen-bond acceptors (Lipinski definition) is 2. The van der Waals surface area contributed by atoms with Gasteiger partial charge in [0.15, 0.2) is 0 Å². The minimum Gasteiger partial charge on any atom is -0.369 e. The Bertz CT molecular complexity index is 416. The quantitative estimate of drug-likeness (QED) is 0.215. The second-order valence-electron chi connectivity index (χ2n) is 7.83. The van der Waals surface area contributed by atoms with Crippen molar-refractivity contribution in [3.05, 3.63) is 24.3 Å². The Labute approximate surface area is 173 Å². The molecule has 2 unspecified atom stereocenters. The standard InChI is InChI=1S/C24H44N2O2/c1-3-5-7-9-11-13-15-17-19-21(23(25)27)22(24(26)28)20-18-16-14-12-10-8-6-4-2/h17-22H,3-16H2,1-2H3,(H2,25,27)(H2,26,28). The summed E-state index contributed by atoms with van der Waals surface area (Å²) in [5.41, 5.74) is 11.1. The first-order chi connectivity index (χ1) is 13.5. The molecule has 0 saturated heterocycles. The van der Waals surface area contributed by atoms with Crippen LogP contribution < -0.4 is 11.5 Å². The SMILES string of the molecule is CCCCCCCCC=CC(C(N)=O)C(C=CCCCCCCCC)C(N)=O. The van der Waals surface area contributed by atoms with E-state index in [-0.39, 0.29) is 0 Å². The van der Waals surface area contributed by atoms with Crippen LogP contribution in [0.15, 0.2) is 24.3 Å². The summed E-state index contributed by atoms with van der Waals surface area (Å²) in [7, 11) is 0. The van der Waals surface area contributed by atoms with Crippen molar-refractivity contribution in [2.24, 2.45) is 23.3 Å². The number of nitrogens with two attached hydrogens (primary N) is 2. The highest BCUT2D eigenvalue weighted by Gasteiger charge is 2.26. The van der Waals surface area contributed by atoms with E-state index in [1.54, 1.807) is 12.2 Å². The molecule has 2 atom stereocenters. The molecule has 0 radical (unpaired) electrons. The topological polar surface area (TPSA) is 86.2 Å². The molecule has 0 aliphatic carbocycles. The third-order valence-electron chi connectivity index (χ3n) is 5.18. The first kappa shape index (κ1) is 26.4. The molecule has 0 heterocycles. The Morgan fingerprint density at radius 1 is 0.607 bits per heavy atom. The van der Waals surface area contributed by atoms with Crippen molar-refractivity contribution in [1.82, 2.24) is 0 Å². The van der Waals surface area contributed by atoms with Gasteiger partial charge in [-0.3, -0.25) is 9.59 Å². The molecule has 0 rings (SSSR count). The zero-order chi connectivity index (χ0) is 21.0. The Kier molecular flexibility index (Phi) is 17.7. The Hall–Kier alpha value is -1.58. The lowest BCUT2D eigenvalue weighted by Crippen LogP contribution is -2.35. The number of unbranched alkanes of at least 4 members (excludes halogenated alkanes) is 12. The van der Waals surface area contributed by atoms with Crippen molar-refractivity contribution in [2.45, 2.75) is 104 Å². The molecule has 2 amide bonds. The maximum atomic E-state index is 11.8. The van der Waals surface area contributed by atoms with Gasteiger partial charge in [-0.2, -0.15) is 0 Å². The average Bonchev–Trinajstić information content (AvgIpc) is 2.66. The van der Waals surface area contributed by atoms with Crippen molar-refractivity contribution in [3.8, 4) is 0 Å². The van der Waals surface area contributed by atoms with Crippen LogP contribution in [0.4, 0.5) is 0 Å². The molecule has 0 aromatic rings. The Morgan fingerprint density at radius 3 is 1.25 bits per heavy atom. The van der Waals surface area contributed by atoms with Crippen LogP contribution in [0.1, 0.15) is 104 Å². The van der Waals surface area contributed by atoms with Gasteiger partial charge in [-0.15, -0.1) is 0 Å². The molecule has 4 nitrogen and oxygen atoms in total. The molecule has 4 N–H and O–H groups in total. The highest BCUT2D eigenvalue weighted by Crippen LogP contribution is 2.17. The summed E-state index contributed by atoms with van der Waals surface area (Å²) in [6.45, 7) is 4.42. The Balaban J connectivity index is 4.38. The predicted molar refractivity (Wildman–Crippen MR) is 120 cm³/mol. The fraction of sp³-hybridized carbons (Fsp3) is 0.750. The maximum Gasteiger partial charge on any atom is 0.225 e. The molecule has 0 saturated carbocycles. The zero-order valence-corrected chi connectivity index (χ0v) is 18.3. The lowest BCUT2D eigenvalue weighted by atomic mass is 9.89. The van der Waals surface area contributed by atoms with Crippen molar-refractivity contribution in [2.75, 3.05) is 0 Å². The molecule has 0 aromatic heterocycles. The number of carbonyl (C=O) groups is 2. The zero-order valence-electron chi connectivity index (χ0n) is 18.3. The van der Waals surface area contributed by atoms with E-state index in [9.17, 15) is 9.59 Å². The summed E-state index contributed by atoms with van der Waals surface area (Å²) >= 11 is 0. The van der Waals surface area contributed by atoms with Gasteiger partial charge in [-0.25, -0.2) is 0 Å². The molecule has 0 fully saturated rings. The van der Waals surface area contributed by atoms with Crippen LogP contribution in [0.5, 0.6) is 0 Å². The summed E-state index contributed by atoms with van der Waals surface area (Å²) in [6.07, 6.45) is 24.1. The van der Waals surface area contributed by atoms with E-state index in [1.165, 1.54) is 64.2 Å². The van der Waals surface area contributed by atoms with E-state index >= 15 is 0 Å². The van der Waals surface area contributed by atoms with Crippen LogP contribution in [-0.2, 0) is 9.59 Å². The van der Waals surface area contributed by atoms with Gasteiger partial charge in [0, 0.05) is 0 Å². The fourth-order valence-electron chi connectivity index (χ4n) is 3.35. The highest BCUT2D eigenvalue weighted by molar-refractivity contribution is 5.88. The molecule has 0 aliphatic heterocycles. The molecule has 0 spiro atoms. The van der Waals surface area contributed by atoms with Gasteiger partial charge in [-0.05, 0) is 25.7 Å². The molecule has 162 valence electrons. The molecule has 0 aromatic carbocycles. The minimum atomic E-state index is -0.654. The largest absolute Gasteiger partial charge is 0.369 e. The third kappa shape index (κ3) is 14.5. The molecule has 0 aliphatic rings. The number of amides is 2. The fourth-order valence-corrected chi connectivity index (χ4v) is 3.35. The molecular weight excluding hydrogens is 348 g/mol. The summed E-state index contributed by atoms with van der Waals surface area (Å²) < 4.78 is 0. The first-order valence-corrected chi connectivity index (χ1v) is 11.5. The first-order valence-electron chi connectivity index (χ1n) is 11.5. The number of hydrogen-bond donors (Lipinski definition) is 2. The van der Waals surface area contributed by atoms with E-state index in [2.05, 4.69) is 13.8 Å². The summed E-state index contributed by atoms with van der Waals surface area (Å²) in [5, 5.41) is 0. The van der Waals surface area contributed by atoms with Gasteiger partial charge >= 0.3 is 0 Å². The smallest absolute Gasteiger partial charge is 0.225 e. The number of primary amides is 2. The summed E-state index contributed by atoms with van der Waals surface area (Å²) in [5.74, 6) is -2.30. The summed E-state index contributed by atoms with van der Waals surface area (Å²) in [4.78, 5) is 23.7. The van der Waals surface area contributed by atoms with E-state index in [0.717, 1.165) is 25.7 Å². The molecule has 0 bridgehead atoms. The molecular formula is C24H44N2O2. The number of rotatable bonds is 19. The van der Waals surface area contributed by atoms with Crippen molar-refractivity contribution < 1.29 is 9.59 Å². The second kappa shape index (κ2) is 18.8. The van der Waals surface area contributed by atoms with Crippen LogP contribution in [0.3, 0.4) is 0 Å². The molecule has 4 heteroatoms. The van der Waals surface area contributed by atoms with E-state index < -0.39 is 23.7 Å². The van der Waals surface area contributed by atoms with Gasteiger partial charge < -0.3 is 11.5 Å². The van der Waals surface area contributed by atoms with Gasteiger partial charge in [0.05, 0.1) is 11.8 Å². The number of allylic oxidation sites excluding steroid dienone is 2. The van der Waals surface area contributed by atoms with Gasteiger partial charge in [0.2, 0.25) is 11.8 Å². The normalized spacial score (nSPS) is 13.9. The lowest BCUT2D eigenvalue weighted by molar-refractivity contribution is -0.128. The van der Waals surface area contributed by atoms with Gasteiger partial charge in [0.25, 0.3) is 0 Å². The number of carbonyl (C=O) groups excluding carboxylic acids is 2. The maximum absolute atomic E-state index is 11.8. The van der Waals surface area contributed by atoms with Crippen LogP contribution in [0.2, 0.25) is 0 Å². The van der Waals surface area contributed by atoms with E-state index in [0.29, 0.717) is 0 Å². The van der Waals surface area contributed by atoms with Crippen LogP contribution in [0.25, 0.3) is 0 Å². The summed E-state index contributed by atoms with van der Waals surface area (Å²) in [6, 6.07) is 0. The predicted octanol–water partition coefficient (Wildman–Crippen LogP) is 5.80. The molecule has 28 heavy (non-hydrogen) atoms. The second-order valence-corrected chi connectivity index (χ2v) is 7.83. The van der Waals surface area contributed by atoms with Crippen LogP contribution >= 0.6 is 0 Å². The van der Waals surface area contributed by atoms with Crippen molar-refractivity contribution in [1.29, 1.82) is 0 Å². The Morgan fingerprint density at radius 2 is 0.929 bits per heavy atom. The lowest BCUT2D eigenvalue weighted by Gasteiger charge is -2.15. The highest BCUT2D eigenvalue weighted by atomic mass is 16.2. The van der Waals surface area contributed by atoms with E-state index in [1.807, 2.05) is 12.2 Å². The van der Waals surface area contributed by atoms with Crippen molar-refractivity contribution >= 4 is 11.8 Å².